The van der Waals surface area contributed by atoms with Crippen LogP contribution >= 0.6 is 11.6 Å². The molecule has 3 N–H and O–H groups in total. The van der Waals surface area contributed by atoms with Crippen molar-refractivity contribution >= 4 is 29.4 Å². The Morgan fingerprint density at radius 3 is 2.68 bits per heavy atom. The van der Waals surface area contributed by atoms with E-state index >= 15 is 0 Å². The SMILES string of the molecule is C=CC[C@H]1C(=O)C(C)(C)[C@@H](O)CC(=O)N[C@H](C(Cl)=Cc2ccccn2)CC2OC2(C)CCC[C@H](C)[C@H]1O. The number of carbonyl (C=O) groups excluding carboxylic acids is 2. The minimum absolute atomic E-state index is 0.0896. The number of hydrogen-bond donors (Lipinski definition) is 3. The van der Waals surface area contributed by atoms with Gasteiger partial charge in [0.1, 0.15) is 5.78 Å². The molecule has 2 aliphatic heterocycles. The van der Waals surface area contributed by atoms with E-state index in [-0.39, 0.29) is 29.8 Å². The van der Waals surface area contributed by atoms with E-state index in [1.165, 1.54) is 0 Å². The zero-order valence-corrected chi connectivity index (χ0v) is 23.1. The second kappa shape index (κ2) is 12.2. The maximum absolute atomic E-state index is 13.6. The predicted octanol–water partition coefficient (Wildman–Crippen LogP) is 4.41. The average Bonchev–Trinajstić information content (AvgIpc) is 3.49. The van der Waals surface area contributed by atoms with Crippen LogP contribution in [0.3, 0.4) is 0 Å². The molecule has 0 bridgehead atoms. The molecule has 0 spiro atoms. The number of aliphatic hydroxyl groups excluding tert-OH is 2. The Morgan fingerprint density at radius 1 is 1.30 bits per heavy atom. The molecule has 0 aromatic carbocycles. The van der Waals surface area contributed by atoms with Crippen LogP contribution < -0.4 is 5.32 Å². The largest absolute Gasteiger partial charge is 0.392 e. The molecule has 2 fully saturated rings. The number of aromatic nitrogens is 1. The van der Waals surface area contributed by atoms with Crippen LogP contribution in [-0.2, 0) is 14.3 Å². The van der Waals surface area contributed by atoms with Gasteiger partial charge < -0.3 is 20.3 Å². The first-order valence-electron chi connectivity index (χ1n) is 13.2. The standard InChI is InChI=1S/C29H41ClN2O5/c1-6-10-20-26(35)18(2)11-9-13-29(5)24(37-29)16-22(21(30)15-19-12-7-8-14-31-19)32-25(34)17-23(33)28(3,4)27(20)36/h6-8,12,14-15,18,20,22-24,26,33,35H,1,9-11,13,16-17H2,2-5H3,(H,32,34)/t18-,20+,22-,23-,24?,26+,29?/m0/s1. The highest BCUT2D eigenvalue weighted by atomic mass is 35.5. The van der Waals surface area contributed by atoms with Gasteiger partial charge in [0.15, 0.2) is 0 Å². The van der Waals surface area contributed by atoms with Crippen LogP contribution in [0.1, 0.15) is 71.9 Å². The van der Waals surface area contributed by atoms with E-state index in [1.54, 1.807) is 32.2 Å². The van der Waals surface area contributed by atoms with Gasteiger partial charge >= 0.3 is 0 Å². The van der Waals surface area contributed by atoms with E-state index in [2.05, 4.69) is 16.9 Å². The van der Waals surface area contributed by atoms with Gasteiger partial charge in [-0.2, -0.15) is 0 Å². The molecular formula is C29H41ClN2O5. The number of ketones is 1. The van der Waals surface area contributed by atoms with Crippen molar-refractivity contribution in [2.75, 3.05) is 0 Å². The number of amides is 1. The summed E-state index contributed by atoms with van der Waals surface area (Å²) < 4.78 is 6.06. The molecule has 8 heteroatoms. The first kappa shape index (κ1) is 29.5. The fraction of sp³-hybridized carbons (Fsp3) is 0.621. The summed E-state index contributed by atoms with van der Waals surface area (Å²) in [6, 6.07) is 4.96. The molecule has 2 aliphatic rings. The fourth-order valence-electron chi connectivity index (χ4n) is 5.22. The van der Waals surface area contributed by atoms with Crippen LogP contribution in [0.25, 0.3) is 6.08 Å². The lowest BCUT2D eigenvalue weighted by Gasteiger charge is -2.36. The Hall–Kier alpha value is -2.06. The van der Waals surface area contributed by atoms with Crippen molar-refractivity contribution in [3.8, 4) is 0 Å². The van der Waals surface area contributed by atoms with Gasteiger partial charge in [0.2, 0.25) is 5.91 Å². The van der Waals surface area contributed by atoms with Crippen molar-refractivity contribution in [3.63, 3.8) is 0 Å². The molecule has 7 atom stereocenters. The average molecular weight is 533 g/mol. The molecule has 0 aliphatic carbocycles. The normalized spacial score (nSPS) is 35.8. The molecule has 204 valence electrons. The molecule has 7 nitrogen and oxygen atoms in total. The van der Waals surface area contributed by atoms with Gasteiger partial charge in [0.25, 0.3) is 0 Å². The summed E-state index contributed by atoms with van der Waals surface area (Å²) in [5.74, 6) is -1.53. The summed E-state index contributed by atoms with van der Waals surface area (Å²) in [5, 5.41) is 25.5. The van der Waals surface area contributed by atoms with Crippen molar-refractivity contribution in [1.82, 2.24) is 10.3 Å². The van der Waals surface area contributed by atoms with Gasteiger partial charge in [-0.25, -0.2) is 0 Å². The number of hydrogen-bond acceptors (Lipinski definition) is 6. The monoisotopic (exact) mass is 532 g/mol. The van der Waals surface area contributed by atoms with Gasteiger partial charge in [0.05, 0.1) is 47.5 Å². The zero-order chi connectivity index (χ0) is 27.4. The van der Waals surface area contributed by atoms with Crippen molar-refractivity contribution in [2.24, 2.45) is 17.3 Å². The molecule has 1 amide bonds. The van der Waals surface area contributed by atoms with E-state index in [1.807, 2.05) is 32.0 Å². The number of aliphatic hydroxyl groups is 2. The second-order valence-electron chi connectivity index (χ2n) is 11.4. The number of Topliss-reactive ketones (excluding diaryl/α,β-unsaturated/α-hetero) is 1. The molecule has 3 rings (SSSR count). The van der Waals surface area contributed by atoms with Gasteiger partial charge in [-0.15, -0.1) is 6.58 Å². The summed E-state index contributed by atoms with van der Waals surface area (Å²) >= 11 is 6.69. The molecule has 37 heavy (non-hydrogen) atoms. The zero-order valence-electron chi connectivity index (χ0n) is 22.3. The minimum atomic E-state index is -1.25. The van der Waals surface area contributed by atoms with Crippen LogP contribution in [0.15, 0.2) is 42.1 Å². The van der Waals surface area contributed by atoms with Gasteiger partial charge in [0, 0.05) is 23.6 Å². The van der Waals surface area contributed by atoms with Crippen molar-refractivity contribution in [1.29, 1.82) is 0 Å². The van der Waals surface area contributed by atoms with E-state index in [0.29, 0.717) is 23.6 Å². The first-order chi connectivity index (χ1) is 17.4. The van der Waals surface area contributed by atoms with Crippen LogP contribution in [0, 0.1) is 17.3 Å². The Labute approximate surface area is 225 Å². The number of rotatable bonds is 4. The summed E-state index contributed by atoms with van der Waals surface area (Å²) in [4.78, 5) is 30.9. The number of halogens is 1. The molecule has 2 unspecified atom stereocenters. The van der Waals surface area contributed by atoms with Gasteiger partial charge in [-0.05, 0) is 50.3 Å². The topological polar surface area (TPSA) is 112 Å². The van der Waals surface area contributed by atoms with Crippen LogP contribution in [-0.4, -0.2) is 56.8 Å². The lowest BCUT2D eigenvalue weighted by atomic mass is 9.71. The highest BCUT2D eigenvalue weighted by molar-refractivity contribution is 6.32. The Balaban J connectivity index is 1.89. The first-order valence-corrected chi connectivity index (χ1v) is 13.5. The number of fused-ring (bicyclic) bond motifs is 1. The smallest absolute Gasteiger partial charge is 0.223 e. The van der Waals surface area contributed by atoms with Crippen molar-refractivity contribution in [3.05, 3.63) is 47.8 Å². The number of nitrogens with zero attached hydrogens (tertiary/aromatic N) is 1. The molecular weight excluding hydrogens is 492 g/mol. The second-order valence-corrected chi connectivity index (χ2v) is 11.8. The van der Waals surface area contributed by atoms with Crippen LogP contribution in [0.2, 0.25) is 0 Å². The fourth-order valence-corrected chi connectivity index (χ4v) is 5.47. The van der Waals surface area contributed by atoms with E-state index < -0.39 is 35.5 Å². The number of carbonyl (C=O) groups is 2. The maximum Gasteiger partial charge on any atom is 0.223 e. The Morgan fingerprint density at radius 2 is 2.03 bits per heavy atom. The summed E-state index contributed by atoms with van der Waals surface area (Å²) in [6.07, 6.45) is 5.64. The predicted molar refractivity (Wildman–Crippen MR) is 145 cm³/mol. The third kappa shape index (κ3) is 7.29. The number of allylic oxidation sites excluding steroid dienone is 1. The number of ether oxygens (including phenoxy) is 1. The number of nitrogens with one attached hydrogen (secondary N) is 1. The molecule has 1 aromatic rings. The maximum atomic E-state index is 13.6. The van der Waals surface area contributed by atoms with Crippen molar-refractivity contribution in [2.45, 2.75) is 96.2 Å². The van der Waals surface area contributed by atoms with Crippen LogP contribution in [0.5, 0.6) is 0 Å². The third-order valence-corrected chi connectivity index (χ3v) is 8.43. The molecule has 1 aromatic heterocycles. The van der Waals surface area contributed by atoms with E-state index in [9.17, 15) is 19.8 Å². The van der Waals surface area contributed by atoms with Gasteiger partial charge in [-0.1, -0.05) is 50.9 Å². The lowest BCUT2D eigenvalue weighted by Crippen LogP contribution is -2.48. The number of pyridine rings is 1. The lowest BCUT2D eigenvalue weighted by molar-refractivity contribution is -0.143. The summed E-state index contributed by atoms with van der Waals surface area (Å²) in [7, 11) is 0. The van der Waals surface area contributed by atoms with E-state index in [0.717, 1.165) is 19.3 Å². The minimum Gasteiger partial charge on any atom is -0.392 e. The third-order valence-electron chi connectivity index (χ3n) is 8.06. The highest BCUT2D eigenvalue weighted by Gasteiger charge is 2.52. The summed E-state index contributed by atoms with van der Waals surface area (Å²) in [5.41, 5.74) is -0.921. The molecule has 0 radical (unpaired) electrons. The van der Waals surface area contributed by atoms with Crippen molar-refractivity contribution < 1.29 is 24.5 Å². The Kier molecular flexibility index (Phi) is 9.73. The van der Waals surface area contributed by atoms with Crippen LogP contribution in [0.4, 0.5) is 0 Å². The quantitative estimate of drug-likeness (QED) is 0.391. The molecule has 0 saturated carbocycles. The highest BCUT2D eigenvalue weighted by Crippen LogP contribution is 2.45. The Bertz CT molecular complexity index is 997. The molecule has 2 saturated heterocycles. The van der Waals surface area contributed by atoms with Gasteiger partial charge in [-0.3, -0.25) is 14.6 Å². The summed E-state index contributed by atoms with van der Waals surface area (Å²) in [6.45, 7) is 11.0. The number of epoxide rings is 1. The van der Waals surface area contributed by atoms with E-state index in [4.69, 9.17) is 16.3 Å². The molecule has 3 heterocycles.